The van der Waals surface area contributed by atoms with E-state index in [1.807, 2.05) is 30.6 Å². The van der Waals surface area contributed by atoms with Crippen LogP contribution in [-0.2, 0) is 11.2 Å². The van der Waals surface area contributed by atoms with Crippen LogP contribution >= 0.6 is 0 Å². The Morgan fingerprint density at radius 2 is 2.28 bits per heavy atom. The number of hydrogen-bond acceptors (Lipinski definition) is 2. The van der Waals surface area contributed by atoms with Gasteiger partial charge in [-0.3, -0.25) is 4.79 Å². The Kier molecular flexibility index (Phi) is 3.65. The molecule has 1 N–H and O–H groups in total. The summed E-state index contributed by atoms with van der Waals surface area (Å²) in [5, 5.41) is 2.90. The Balaban J connectivity index is 1.98. The van der Waals surface area contributed by atoms with Gasteiger partial charge in [0.2, 0.25) is 5.91 Å². The van der Waals surface area contributed by atoms with Gasteiger partial charge in [-0.2, -0.15) is 0 Å². The molecule has 1 amide bonds. The number of carbonyl (C=O) groups is 1. The molecule has 0 aromatic carbocycles. The molecular formula is C14H19N3O. The van der Waals surface area contributed by atoms with Crippen LogP contribution in [-0.4, -0.2) is 21.8 Å². The van der Waals surface area contributed by atoms with E-state index in [0.717, 1.165) is 17.8 Å². The molecule has 2 heterocycles. The first kappa shape index (κ1) is 12.6. The van der Waals surface area contributed by atoms with Crippen molar-refractivity contribution in [1.29, 1.82) is 0 Å². The second-order valence-electron chi connectivity index (χ2n) is 4.90. The number of nitrogens with one attached hydrogen (secondary N) is 1. The van der Waals surface area contributed by atoms with Gasteiger partial charge in [0.15, 0.2) is 0 Å². The van der Waals surface area contributed by atoms with Crippen molar-refractivity contribution in [2.45, 2.75) is 27.2 Å². The maximum Gasteiger partial charge on any atom is 0.222 e. The third-order valence-corrected chi connectivity index (χ3v) is 2.87. The van der Waals surface area contributed by atoms with Gasteiger partial charge in [-0.05, 0) is 24.6 Å². The SMILES string of the molecule is Cc1ccn2cc(CCNC(=O)C(C)C)nc2c1. The molecule has 96 valence electrons. The molecule has 0 unspecified atom stereocenters. The van der Waals surface area contributed by atoms with Gasteiger partial charge in [0.1, 0.15) is 5.65 Å². The van der Waals surface area contributed by atoms with Crippen LogP contribution in [0.4, 0.5) is 0 Å². The highest BCUT2D eigenvalue weighted by atomic mass is 16.1. The molecule has 0 saturated heterocycles. The van der Waals surface area contributed by atoms with Gasteiger partial charge in [0.05, 0.1) is 5.69 Å². The number of aryl methyl sites for hydroxylation is 1. The molecule has 0 spiro atoms. The highest BCUT2D eigenvalue weighted by molar-refractivity contribution is 5.77. The first-order chi connectivity index (χ1) is 8.56. The van der Waals surface area contributed by atoms with E-state index in [1.54, 1.807) is 0 Å². The van der Waals surface area contributed by atoms with Crippen molar-refractivity contribution in [1.82, 2.24) is 14.7 Å². The lowest BCUT2D eigenvalue weighted by atomic mass is 10.2. The maximum atomic E-state index is 11.4. The highest BCUT2D eigenvalue weighted by Crippen LogP contribution is 2.07. The molecule has 0 bridgehead atoms. The number of hydrogen-bond donors (Lipinski definition) is 1. The van der Waals surface area contributed by atoms with Gasteiger partial charge in [-0.25, -0.2) is 4.98 Å². The van der Waals surface area contributed by atoms with Crippen molar-refractivity contribution in [3.05, 3.63) is 35.8 Å². The molecule has 0 aliphatic rings. The van der Waals surface area contributed by atoms with E-state index in [0.29, 0.717) is 6.54 Å². The molecule has 0 radical (unpaired) electrons. The third kappa shape index (κ3) is 2.88. The summed E-state index contributed by atoms with van der Waals surface area (Å²) in [6, 6.07) is 4.11. The molecule has 0 aliphatic carbocycles. The summed E-state index contributed by atoms with van der Waals surface area (Å²) in [4.78, 5) is 15.9. The molecule has 0 saturated carbocycles. The normalized spacial score (nSPS) is 11.1. The lowest BCUT2D eigenvalue weighted by Crippen LogP contribution is -2.29. The summed E-state index contributed by atoms with van der Waals surface area (Å²) in [5.74, 6) is 0.128. The highest BCUT2D eigenvalue weighted by Gasteiger charge is 2.06. The summed E-state index contributed by atoms with van der Waals surface area (Å²) < 4.78 is 2.01. The van der Waals surface area contributed by atoms with Crippen LogP contribution in [0.2, 0.25) is 0 Å². The number of fused-ring (bicyclic) bond motifs is 1. The molecular weight excluding hydrogens is 226 g/mol. The Bertz CT molecular complexity index is 557. The van der Waals surface area contributed by atoms with Crippen LogP contribution in [0.3, 0.4) is 0 Å². The van der Waals surface area contributed by atoms with Crippen molar-refractivity contribution in [3.63, 3.8) is 0 Å². The predicted octanol–water partition coefficient (Wildman–Crippen LogP) is 1.96. The Morgan fingerprint density at radius 3 is 3.00 bits per heavy atom. The maximum absolute atomic E-state index is 11.4. The fourth-order valence-corrected chi connectivity index (χ4v) is 1.77. The number of amides is 1. The van der Waals surface area contributed by atoms with Crippen molar-refractivity contribution in [2.24, 2.45) is 5.92 Å². The number of imidazole rings is 1. The Hall–Kier alpha value is -1.84. The van der Waals surface area contributed by atoms with E-state index in [1.165, 1.54) is 5.56 Å². The summed E-state index contributed by atoms with van der Waals surface area (Å²) in [7, 11) is 0. The zero-order valence-electron chi connectivity index (χ0n) is 11.1. The van der Waals surface area contributed by atoms with Crippen LogP contribution in [0, 0.1) is 12.8 Å². The quantitative estimate of drug-likeness (QED) is 0.895. The van der Waals surface area contributed by atoms with Crippen LogP contribution in [0.15, 0.2) is 24.5 Å². The minimum atomic E-state index is 0.0359. The van der Waals surface area contributed by atoms with E-state index < -0.39 is 0 Å². The first-order valence-electron chi connectivity index (χ1n) is 6.28. The van der Waals surface area contributed by atoms with Crippen LogP contribution in [0.5, 0.6) is 0 Å². The second kappa shape index (κ2) is 5.21. The molecule has 2 rings (SSSR count). The van der Waals surface area contributed by atoms with E-state index in [2.05, 4.69) is 29.4 Å². The summed E-state index contributed by atoms with van der Waals surface area (Å²) in [5.41, 5.74) is 3.16. The molecule has 0 atom stereocenters. The molecule has 0 aliphatic heterocycles. The molecule has 2 aromatic heterocycles. The fraction of sp³-hybridized carbons (Fsp3) is 0.429. The summed E-state index contributed by atoms with van der Waals surface area (Å²) in [6.45, 7) is 6.48. The molecule has 0 fully saturated rings. The molecule has 4 heteroatoms. The third-order valence-electron chi connectivity index (χ3n) is 2.87. The van der Waals surface area contributed by atoms with Crippen molar-refractivity contribution < 1.29 is 4.79 Å². The van der Waals surface area contributed by atoms with Gasteiger partial charge >= 0.3 is 0 Å². The van der Waals surface area contributed by atoms with Crippen molar-refractivity contribution in [2.75, 3.05) is 6.54 Å². The smallest absolute Gasteiger partial charge is 0.222 e. The Morgan fingerprint density at radius 1 is 1.50 bits per heavy atom. The average molecular weight is 245 g/mol. The largest absolute Gasteiger partial charge is 0.355 e. The average Bonchev–Trinajstić information content (AvgIpc) is 2.70. The summed E-state index contributed by atoms with van der Waals surface area (Å²) in [6.07, 6.45) is 4.78. The van der Waals surface area contributed by atoms with Crippen molar-refractivity contribution >= 4 is 11.6 Å². The lowest BCUT2D eigenvalue weighted by molar-refractivity contribution is -0.123. The number of nitrogens with zero attached hydrogens (tertiary/aromatic N) is 2. The Labute approximate surface area is 107 Å². The minimum Gasteiger partial charge on any atom is -0.355 e. The number of rotatable bonds is 4. The fourth-order valence-electron chi connectivity index (χ4n) is 1.77. The lowest BCUT2D eigenvalue weighted by Gasteiger charge is -2.05. The van der Waals surface area contributed by atoms with Gasteiger partial charge in [-0.15, -0.1) is 0 Å². The summed E-state index contributed by atoms with van der Waals surface area (Å²) >= 11 is 0. The van der Waals surface area contributed by atoms with Crippen LogP contribution in [0.1, 0.15) is 25.1 Å². The zero-order valence-corrected chi connectivity index (χ0v) is 11.1. The van der Waals surface area contributed by atoms with Crippen LogP contribution in [0.25, 0.3) is 5.65 Å². The topological polar surface area (TPSA) is 46.4 Å². The monoisotopic (exact) mass is 245 g/mol. The second-order valence-corrected chi connectivity index (χ2v) is 4.90. The van der Waals surface area contributed by atoms with Gasteiger partial charge in [0, 0.05) is 31.3 Å². The van der Waals surface area contributed by atoms with E-state index in [9.17, 15) is 4.79 Å². The van der Waals surface area contributed by atoms with E-state index >= 15 is 0 Å². The number of carbonyl (C=O) groups excluding carboxylic acids is 1. The standard InChI is InChI=1S/C14H19N3O/c1-10(2)14(18)15-6-4-12-9-17-7-5-11(3)8-13(17)16-12/h5,7-10H,4,6H2,1-3H3,(H,15,18). The molecule has 4 nitrogen and oxygen atoms in total. The van der Waals surface area contributed by atoms with Gasteiger partial charge < -0.3 is 9.72 Å². The van der Waals surface area contributed by atoms with Crippen LogP contribution < -0.4 is 5.32 Å². The zero-order chi connectivity index (χ0) is 13.1. The number of pyridine rings is 1. The predicted molar refractivity (Wildman–Crippen MR) is 71.5 cm³/mol. The molecule has 18 heavy (non-hydrogen) atoms. The van der Waals surface area contributed by atoms with Gasteiger partial charge in [0.25, 0.3) is 0 Å². The minimum absolute atomic E-state index is 0.0359. The molecule has 2 aromatic rings. The first-order valence-corrected chi connectivity index (χ1v) is 6.28. The number of aromatic nitrogens is 2. The van der Waals surface area contributed by atoms with E-state index in [-0.39, 0.29) is 11.8 Å². The van der Waals surface area contributed by atoms with Crippen molar-refractivity contribution in [3.8, 4) is 0 Å². The van der Waals surface area contributed by atoms with E-state index in [4.69, 9.17) is 0 Å². The van der Waals surface area contributed by atoms with Gasteiger partial charge in [-0.1, -0.05) is 13.8 Å².